The lowest BCUT2D eigenvalue weighted by Gasteiger charge is -2.28. The van der Waals surface area contributed by atoms with Gasteiger partial charge in [0, 0.05) is 35.6 Å². The van der Waals surface area contributed by atoms with Gasteiger partial charge in [-0.15, -0.1) is 0 Å². The Morgan fingerprint density at radius 1 is 1.07 bits per heavy atom. The summed E-state index contributed by atoms with van der Waals surface area (Å²) in [5, 5.41) is 0.757. The maximum absolute atomic E-state index is 13.0. The van der Waals surface area contributed by atoms with Crippen molar-refractivity contribution in [3.63, 3.8) is 0 Å². The Morgan fingerprint density at radius 3 is 2.52 bits per heavy atom. The molecule has 3 rings (SSSR count). The minimum absolute atomic E-state index is 0.0219. The highest BCUT2D eigenvalue weighted by molar-refractivity contribution is 6.31. The van der Waals surface area contributed by atoms with Crippen molar-refractivity contribution in [1.82, 2.24) is 9.47 Å². The largest absolute Gasteiger partial charge is 0.345 e. The van der Waals surface area contributed by atoms with Crippen LogP contribution in [0.25, 0.3) is 6.08 Å². The number of aromatic nitrogens is 1. The highest BCUT2D eigenvalue weighted by atomic mass is 35.5. The van der Waals surface area contributed by atoms with Crippen molar-refractivity contribution in [1.29, 1.82) is 0 Å². The average molecular weight is 407 g/mol. The van der Waals surface area contributed by atoms with Crippen molar-refractivity contribution in [3.8, 4) is 0 Å². The summed E-state index contributed by atoms with van der Waals surface area (Å²) in [4.78, 5) is 14.9. The van der Waals surface area contributed by atoms with Crippen LogP contribution in [-0.4, -0.2) is 21.4 Å². The molecule has 0 saturated heterocycles. The van der Waals surface area contributed by atoms with E-state index in [-0.39, 0.29) is 11.9 Å². The predicted molar refractivity (Wildman–Crippen MR) is 121 cm³/mol. The van der Waals surface area contributed by atoms with Crippen LogP contribution in [0.5, 0.6) is 0 Å². The SMILES string of the molecule is CCC(C)N(Cc1cccn1Cc1ccccc1Cl)C(=O)/C=C/c1ccccc1. The van der Waals surface area contributed by atoms with Gasteiger partial charge in [0.25, 0.3) is 0 Å². The smallest absolute Gasteiger partial charge is 0.247 e. The minimum atomic E-state index is 0.0219. The molecule has 0 N–H and O–H groups in total. The zero-order chi connectivity index (χ0) is 20.6. The molecule has 1 heterocycles. The molecule has 1 aromatic heterocycles. The molecule has 0 spiro atoms. The molecule has 1 amide bonds. The second-order valence-corrected chi connectivity index (χ2v) is 7.59. The van der Waals surface area contributed by atoms with Crippen LogP contribution in [0.1, 0.15) is 37.1 Å². The first-order valence-corrected chi connectivity index (χ1v) is 10.4. The van der Waals surface area contributed by atoms with Gasteiger partial charge in [0.1, 0.15) is 0 Å². The van der Waals surface area contributed by atoms with E-state index in [0.29, 0.717) is 13.1 Å². The molecule has 4 heteroatoms. The van der Waals surface area contributed by atoms with Crippen LogP contribution in [0.3, 0.4) is 0 Å². The molecule has 3 nitrogen and oxygen atoms in total. The van der Waals surface area contributed by atoms with E-state index in [0.717, 1.165) is 28.3 Å². The van der Waals surface area contributed by atoms with Gasteiger partial charge in [0.05, 0.1) is 6.54 Å². The third kappa shape index (κ3) is 5.61. The first-order valence-electron chi connectivity index (χ1n) is 9.99. The van der Waals surface area contributed by atoms with Crippen molar-refractivity contribution in [2.75, 3.05) is 0 Å². The van der Waals surface area contributed by atoms with E-state index in [2.05, 4.69) is 24.5 Å². The Morgan fingerprint density at radius 2 is 1.79 bits per heavy atom. The molecular weight excluding hydrogens is 380 g/mol. The molecule has 1 unspecified atom stereocenters. The lowest BCUT2D eigenvalue weighted by Crippen LogP contribution is -2.37. The molecule has 29 heavy (non-hydrogen) atoms. The predicted octanol–water partition coefficient (Wildman–Crippen LogP) is 6.03. The van der Waals surface area contributed by atoms with Gasteiger partial charge in [-0.2, -0.15) is 0 Å². The van der Waals surface area contributed by atoms with Crippen LogP contribution in [0.15, 0.2) is 79.0 Å². The number of halogens is 1. The number of rotatable bonds is 8. The van der Waals surface area contributed by atoms with Crippen LogP contribution < -0.4 is 0 Å². The Labute approximate surface area is 178 Å². The Balaban J connectivity index is 1.78. The van der Waals surface area contributed by atoms with E-state index in [4.69, 9.17) is 11.6 Å². The highest BCUT2D eigenvalue weighted by Gasteiger charge is 2.19. The molecule has 0 saturated carbocycles. The van der Waals surface area contributed by atoms with Gasteiger partial charge in [-0.05, 0) is 48.7 Å². The standard InChI is InChI=1S/C25H27ClN2O/c1-3-20(2)28(25(29)16-15-21-10-5-4-6-11-21)19-23-13-9-17-27(23)18-22-12-7-8-14-24(22)26/h4-17,20H,3,18-19H2,1-2H3/b16-15+. The molecule has 3 aromatic rings. The van der Waals surface area contributed by atoms with Crippen molar-refractivity contribution >= 4 is 23.6 Å². The van der Waals surface area contributed by atoms with Crippen molar-refractivity contribution < 1.29 is 4.79 Å². The van der Waals surface area contributed by atoms with E-state index in [1.165, 1.54) is 0 Å². The van der Waals surface area contributed by atoms with Gasteiger partial charge < -0.3 is 9.47 Å². The van der Waals surface area contributed by atoms with Gasteiger partial charge in [-0.1, -0.05) is 67.1 Å². The number of carbonyl (C=O) groups is 1. The minimum Gasteiger partial charge on any atom is -0.345 e. The Kier molecular flexibility index (Phi) is 7.31. The topological polar surface area (TPSA) is 25.2 Å². The van der Waals surface area contributed by atoms with Gasteiger partial charge >= 0.3 is 0 Å². The molecular formula is C25H27ClN2O. The Bertz CT molecular complexity index is 962. The number of hydrogen-bond acceptors (Lipinski definition) is 1. The average Bonchev–Trinajstić information content (AvgIpc) is 3.18. The molecule has 0 aliphatic carbocycles. The molecule has 0 fully saturated rings. The summed E-state index contributed by atoms with van der Waals surface area (Å²) in [6.07, 6.45) is 6.48. The number of amides is 1. The molecule has 150 valence electrons. The Hall–Kier alpha value is -2.78. The van der Waals surface area contributed by atoms with E-state index in [1.54, 1.807) is 6.08 Å². The van der Waals surface area contributed by atoms with Crippen molar-refractivity contribution in [3.05, 3.63) is 101 Å². The molecule has 0 radical (unpaired) electrons. The fourth-order valence-electron chi connectivity index (χ4n) is 3.23. The fraction of sp³-hybridized carbons (Fsp3) is 0.240. The maximum Gasteiger partial charge on any atom is 0.247 e. The zero-order valence-corrected chi connectivity index (χ0v) is 17.7. The summed E-state index contributed by atoms with van der Waals surface area (Å²) in [6.45, 7) is 5.44. The molecule has 0 aliphatic rings. The molecule has 0 bridgehead atoms. The van der Waals surface area contributed by atoms with Crippen LogP contribution >= 0.6 is 11.6 Å². The normalized spacial score (nSPS) is 12.2. The lowest BCUT2D eigenvalue weighted by molar-refractivity contribution is -0.128. The van der Waals surface area contributed by atoms with Crippen LogP contribution in [0.4, 0.5) is 0 Å². The lowest BCUT2D eigenvalue weighted by atomic mass is 10.1. The van der Waals surface area contributed by atoms with Gasteiger partial charge in [0.2, 0.25) is 5.91 Å². The number of hydrogen-bond donors (Lipinski definition) is 0. The van der Waals surface area contributed by atoms with Crippen LogP contribution in [0.2, 0.25) is 5.02 Å². The molecule has 1 atom stereocenters. The summed E-state index contributed by atoms with van der Waals surface area (Å²) in [7, 11) is 0. The number of benzene rings is 2. The van der Waals surface area contributed by atoms with Crippen LogP contribution in [0, 0.1) is 0 Å². The molecule has 2 aromatic carbocycles. The van der Waals surface area contributed by atoms with Crippen molar-refractivity contribution in [2.45, 2.75) is 39.4 Å². The van der Waals surface area contributed by atoms with Gasteiger partial charge in [-0.25, -0.2) is 0 Å². The number of carbonyl (C=O) groups excluding carboxylic acids is 1. The van der Waals surface area contributed by atoms with Gasteiger partial charge in [0.15, 0.2) is 0 Å². The quantitative estimate of drug-likeness (QED) is 0.419. The third-order valence-electron chi connectivity index (χ3n) is 5.18. The second-order valence-electron chi connectivity index (χ2n) is 7.19. The monoisotopic (exact) mass is 406 g/mol. The van der Waals surface area contributed by atoms with Gasteiger partial charge in [-0.3, -0.25) is 4.79 Å². The maximum atomic E-state index is 13.0. The van der Waals surface area contributed by atoms with Crippen LogP contribution in [-0.2, 0) is 17.9 Å². The summed E-state index contributed by atoms with van der Waals surface area (Å²) in [5.41, 5.74) is 3.18. The fourth-order valence-corrected chi connectivity index (χ4v) is 3.43. The summed E-state index contributed by atoms with van der Waals surface area (Å²) >= 11 is 6.34. The summed E-state index contributed by atoms with van der Waals surface area (Å²) < 4.78 is 2.16. The summed E-state index contributed by atoms with van der Waals surface area (Å²) in [6, 6.07) is 22.0. The first kappa shape index (κ1) is 20.9. The molecule has 0 aliphatic heterocycles. The third-order valence-corrected chi connectivity index (χ3v) is 5.55. The summed E-state index contributed by atoms with van der Waals surface area (Å²) in [5.74, 6) is 0.0219. The first-order chi connectivity index (χ1) is 14.1. The van der Waals surface area contributed by atoms with Crippen molar-refractivity contribution in [2.24, 2.45) is 0 Å². The van der Waals surface area contributed by atoms with E-state index >= 15 is 0 Å². The van der Waals surface area contributed by atoms with E-state index in [1.807, 2.05) is 77.8 Å². The van der Waals surface area contributed by atoms with E-state index < -0.39 is 0 Å². The second kappa shape index (κ2) is 10.1. The van der Waals surface area contributed by atoms with E-state index in [9.17, 15) is 4.79 Å². The number of nitrogens with zero attached hydrogens (tertiary/aromatic N) is 2. The zero-order valence-electron chi connectivity index (χ0n) is 17.0. The highest BCUT2D eigenvalue weighted by Crippen LogP contribution is 2.19.